The molecule has 5 aromatic rings. The molecule has 13 heteroatoms. The molecule has 7 atom stereocenters. The van der Waals surface area contributed by atoms with Gasteiger partial charge in [0.1, 0.15) is 18.8 Å². The largest absolute Gasteiger partial charge is 0.469 e. The lowest BCUT2D eigenvalue weighted by Crippen LogP contribution is -2.69. The Hall–Kier alpha value is -6.22. The van der Waals surface area contributed by atoms with Crippen molar-refractivity contribution in [1.29, 1.82) is 0 Å². The highest BCUT2D eigenvalue weighted by molar-refractivity contribution is 6.99. The number of carbonyl (C=O) groups is 4. The maximum absolute atomic E-state index is 14.2. The maximum atomic E-state index is 14.2. The summed E-state index contributed by atoms with van der Waals surface area (Å²) in [6.07, 6.45) is 12.2. The molecule has 77 heavy (non-hydrogen) atoms. The van der Waals surface area contributed by atoms with E-state index in [2.05, 4.69) is 64.1 Å². The first-order valence-electron chi connectivity index (χ1n) is 27.7. The number of hydrogen-bond donors (Lipinski definition) is 1. The normalized spacial score (nSPS) is 18.5. The predicted molar refractivity (Wildman–Crippen MR) is 303 cm³/mol. The lowest BCUT2D eigenvalue weighted by molar-refractivity contribution is -0.290. The molecule has 1 aliphatic rings. The molecule has 0 amide bonds. The molecule has 2 unspecified atom stereocenters. The van der Waals surface area contributed by atoms with Crippen molar-refractivity contribution in [3.05, 3.63) is 181 Å². The van der Waals surface area contributed by atoms with Gasteiger partial charge in [0.2, 0.25) is 0 Å². The standard InChI is InChI=1S/C64H81NO11Si/c1-6-7-8-9-10-11-12-13-14-15-16-17-33-44-55(76-77(64(2,3)4,51-40-29-21-30-41-51)52-42-31-22-32-43-52)54(65)46-72-63-59(75-62(69)50-38-27-20-28-39-50)53(45-57(66)70-5)58(74-61(68)49-36-25-19-26-37-49)56(73-63)47-71-60(67)48-34-23-18-24-35-48/h18-44,53-56,58-59,63H,6-17,45-47,65H2,1-5H3/b44-33+/t53?,54-,55+,56?,58-,59-,63-/m1/s1. The molecule has 0 aromatic heterocycles. The quantitative estimate of drug-likeness (QED) is 0.0153. The van der Waals surface area contributed by atoms with Crippen molar-refractivity contribution in [1.82, 2.24) is 0 Å². The second-order valence-electron chi connectivity index (χ2n) is 20.9. The van der Waals surface area contributed by atoms with Crippen LogP contribution in [0.3, 0.4) is 0 Å². The predicted octanol–water partition coefficient (Wildman–Crippen LogP) is 11.7. The minimum absolute atomic E-state index is 0.189. The molecule has 412 valence electrons. The number of ether oxygens (including phenoxy) is 6. The second kappa shape index (κ2) is 31.2. The summed E-state index contributed by atoms with van der Waals surface area (Å²) < 4.78 is 44.8. The first-order valence-corrected chi connectivity index (χ1v) is 29.6. The number of rotatable bonds is 30. The number of benzene rings is 5. The van der Waals surface area contributed by atoms with Crippen LogP contribution in [0.5, 0.6) is 0 Å². The van der Waals surface area contributed by atoms with Gasteiger partial charge >= 0.3 is 23.9 Å². The van der Waals surface area contributed by atoms with Gasteiger partial charge in [0.25, 0.3) is 8.32 Å². The van der Waals surface area contributed by atoms with Crippen LogP contribution in [0.2, 0.25) is 5.04 Å². The zero-order valence-corrected chi connectivity index (χ0v) is 46.8. The molecular weight excluding hydrogens is 987 g/mol. The van der Waals surface area contributed by atoms with Gasteiger partial charge in [0, 0.05) is 0 Å². The molecule has 5 aromatic carbocycles. The SMILES string of the molecule is CCCCCCCCCCCCC/C=C/[C@H](O[Si](c1ccccc1)(c1ccccc1)C(C)(C)C)[C@H](N)CO[C@@H]1OC(COC(=O)c2ccccc2)[C@H](OC(=O)c2ccccc2)C(CC(=O)OC)[C@H]1OC(=O)c1ccccc1. The summed E-state index contributed by atoms with van der Waals surface area (Å²) in [4.78, 5) is 55.2. The Balaban J connectivity index is 1.34. The fourth-order valence-corrected chi connectivity index (χ4v) is 14.7. The Morgan fingerprint density at radius 3 is 1.52 bits per heavy atom. The molecule has 2 N–H and O–H groups in total. The molecule has 0 bridgehead atoms. The third-order valence-corrected chi connectivity index (χ3v) is 19.2. The highest BCUT2D eigenvalue weighted by atomic mass is 28.4. The Bertz CT molecular complexity index is 2500. The van der Waals surface area contributed by atoms with E-state index in [1.54, 1.807) is 91.0 Å². The van der Waals surface area contributed by atoms with Gasteiger partial charge in [-0.05, 0) is 64.7 Å². The van der Waals surface area contributed by atoms with E-state index in [1.165, 1.54) is 64.9 Å². The van der Waals surface area contributed by atoms with Crippen LogP contribution in [0, 0.1) is 5.92 Å². The first-order chi connectivity index (χ1) is 37.4. The minimum atomic E-state index is -3.20. The average molecular weight is 1070 g/mol. The molecule has 0 radical (unpaired) electrons. The van der Waals surface area contributed by atoms with Gasteiger partial charge in [-0.2, -0.15) is 0 Å². The molecule has 6 rings (SSSR count). The molecule has 12 nitrogen and oxygen atoms in total. The van der Waals surface area contributed by atoms with Crippen molar-refractivity contribution in [2.24, 2.45) is 11.7 Å². The number of nitrogens with two attached hydrogens (primary N) is 1. The molecule has 0 saturated carbocycles. The van der Waals surface area contributed by atoms with E-state index in [-0.39, 0.29) is 28.3 Å². The molecule has 1 saturated heterocycles. The number of hydrogen-bond acceptors (Lipinski definition) is 12. The number of allylic oxidation sites excluding steroid dienone is 1. The number of unbranched alkanes of at least 4 members (excludes halogenated alkanes) is 11. The lowest BCUT2D eigenvalue weighted by Gasteiger charge is -2.46. The van der Waals surface area contributed by atoms with Crippen molar-refractivity contribution >= 4 is 42.6 Å². The fraction of sp³-hybridized carbons (Fsp3) is 0.438. The van der Waals surface area contributed by atoms with Gasteiger partial charge in [0.05, 0.1) is 54.9 Å². The maximum Gasteiger partial charge on any atom is 0.338 e. The Morgan fingerprint density at radius 2 is 1.05 bits per heavy atom. The van der Waals surface area contributed by atoms with Gasteiger partial charge in [-0.25, -0.2) is 14.4 Å². The molecule has 0 aliphatic carbocycles. The van der Waals surface area contributed by atoms with E-state index >= 15 is 0 Å². The minimum Gasteiger partial charge on any atom is -0.469 e. The van der Waals surface area contributed by atoms with E-state index in [4.69, 9.17) is 38.6 Å². The summed E-state index contributed by atoms with van der Waals surface area (Å²) in [5.41, 5.74) is 8.08. The van der Waals surface area contributed by atoms with Gasteiger partial charge in [-0.15, -0.1) is 0 Å². The van der Waals surface area contributed by atoms with Crippen molar-refractivity contribution in [2.75, 3.05) is 20.3 Å². The van der Waals surface area contributed by atoms with E-state index in [1.807, 2.05) is 36.4 Å². The topological polar surface area (TPSA) is 159 Å². The molecule has 1 fully saturated rings. The monoisotopic (exact) mass is 1070 g/mol. The van der Waals surface area contributed by atoms with E-state index < -0.39 is 87.9 Å². The van der Waals surface area contributed by atoms with E-state index in [0.717, 1.165) is 29.6 Å². The van der Waals surface area contributed by atoms with Gasteiger partial charge in [-0.3, -0.25) is 4.79 Å². The smallest absolute Gasteiger partial charge is 0.338 e. The Labute approximate surface area is 458 Å². The van der Waals surface area contributed by atoms with Crippen LogP contribution in [0.1, 0.15) is 142 Å². The van der Waals surface area contributed by atoms with Crippen LogP contribution in [-0.2, 0) is 37.6 Å². The third-order valence-electron chi connectivity index (χ3n) is 14.2. The number of esters is 4. The van der Waals surface area contributed by atoms with E-state index in [0.29, 0.717) is 0 Å². The molecule has 1 aliphatic heterocycles. The van der Waals surface area contributed by atoms with Crippen molar-refractivity contribution in [3.63, 3.8) is 0 Å². The van der Waals surface area contributed by atoms with Gasteiger partial charge < -0.3 is 38.6 Å². The Morgan fingerprint density at radius 1 is 0.610 bits per heavy atom. The van der Waals surface area contributed by atoms with Crippen molar-refractivity contribution in [3.8, 4) is 0 Å². The fourth-order valence-electron chi connectivity index (χ4n) is 10.0. The second-order valence-corrected chi connectivity index (χ2v) is 25.2. The average Bonchev–Trinajstić information content (AvgIpc) is 3.45. The summed E-state index contributed by atoms with van der Waals surface area (Å²) in [6.45, 7) is 8.25. The van der Waals surface area contributed by atoms with Crippen LogP contribution in [0.4, 0.5) is 0 Å². The molecule has 1 heterocycles. The van der Waals surface area contributed by atoms with E-state index in [9.17, 15) is 19.2 Å². The number of methoxy groups -OCH3 is 1. The van der Waals surface area contributed by atoms with Crippen molar-refractivity contribution in [2.45, 2.75) is 153 Å². The van der Waals surface area contributed by atoms with Gasteiger partial charge in [-0.1, -0.05) is 219 Å². The Kier molecular flexibility index (Phi) is 24.4. The summed E-state index contributed by atoms with van der Waals surface area (Å²) in [5.74, 6) is -3.98. The van der Waals surface area contributed by atoms with Crippen LogP contribution >= 0.6 is 0 Å². The number of carbonyl (C=O) groups excluding carboxylic acids is 4. The van der Waals surface area contributed by atoms with Crippen LogP contribution in [0.15, 0.2) is 164 Å². The summed E-state index contributed by atoms with van der Waals surface area (Å²) in [7, 11) is -1.97. The van der Waals surface area contributed by atoms with Crippen LogP contribution in [0.25, 0.3) is 0 Å². The summed E-state index contributed by atoms with van der Waals surface area (Å²) in [5, 5.41) is 1.77. The van der Waals surface area contributed by atoms with Crippen LogP contribution < -0.4 is 16.1 Å². The summed E-state index contributed by atoms with van der Waals surface area (Å²) in [6, 6.07) is 45.0. The molecular formula is C64H81NO11Si. The zero-order chi connectivity index (χ0) is 54.9. The van der Waals surface area contributed by atoms with Crippen LogP contribution in [-0.4, -0.2) is 89.3 Å². The lowest BCUT2D eigenvalue weighted by atomic mass is 9.85. The highest BCUT2D eigenvalue weighted by Gasteiger charge is 2.54. The first kappa shape index (κ1) is 60.0. The van der Waals surface area contributed by atoms with Gasteiger partial charge in [0.15, 0.2) is 12.4 Å². The zero-order valence-electron chi connectivity index (χ0n) is 45.8. The summed E-state index contributed by atoms with van der Waals surface area (Å²) >= 11 is 0. The molecule has 0 spiro atoms. The van der Waals surface area contributed by atoms with Crippen molar-refractivity contribution < 1.29 is 52.0 Å². The third kappa shape index (κ3) is 17.6. The highest BCUT2D eigenvalue weighted by Crippen LogP contribution is 2.39.